The number of nitrogens with one attached hydrogen (secondary N) is 1. The molecule has 1 saturated carbocycles. The molecule has 7 nitrogen and oxygen atoms in total. The third kappa shape index (κ3) is 4.32. The van der Waals surface area contributed by atoms with Crippen molar-refractivity contribution in [3.05, 3.63) is 17.0 Å². The Balaban J connectivity index is 1.60. The smallest absolute Gasteiger partial charge is 0.239 e. The first kappa shape index (κ1) is 16.4. The highest BCUT2D eigenvalue weighted by Gasteiger charge is 2.30. The highest BCUT2D eigenvalue weighted by molar-refractivity contribution is 7.91. The molecule has 0 radical (unpaired) electrons. The number of hydrogen-bond acceptors (Lipinski definition) is 6. The van der Waals surface area contributed by atoms with Gasteiger partial charge in [0.05, 0.1) is 18.1 Å². The fourth-order valence-electron chi connectivity index (χ4n) is 2.62. The van der Waals surface area contributed by atoms with Gasteiger partial charge in [-0.2, -0.15) is 0 Å². The summed E-state index contributed by atoms with van der Waals surface area (Å²) >= 11 is 6.03. The molecule has 1 N–H and O–H groups in total. The molecule has 1 aliphatic heterocycles. The van der Waals surface area contributed by atoms with Crippen LogP contribution in [0.5, 0.6) is 0 Å². The fraction of sp³-hybridized carbons (Fsp3) is 0.643. The van der Waals surface area contributed by atoms with Crippen molar-refractivity contribution in [3.63, 3.8) is 0 Å². The van der Waals surface area contributed by atoms with Gasteiger partial charge in [-0.3, -0.25) is 4.79 Å². The van der Waals surface area contributed by atoms with Gasteiger partial charge in [0.1, 0.15) is 16.8 Å². The van der Waals surface area contributed by atoms with Gasteiger partial charge in [0.2, 0.25) is 5.91 Å². The molecule has 1 atom stereocenters. The molecule has 1 unspecified atom stereocenters. The van der Waals surface area contributed by atoms with E-state index in [0.29, 0.717) is 23.3 Å². The monoisotopic (exact) mass is 358 g/mol. The van der Waals surface area contributed by atoms with Crippen LogP contribution in [0, 0.1) is 0 Å². The minimum atomic E-state index is -3.00. The van der Waals surface area contributed by atoms with Crippen molar-refractivity contribution in [2.45, 2.75) is 31.2 Å². The molecule has 1 aromatic rings. The number of nitrogens with zero attached hydrogens (tertiary/aromatic N) is 3. The number of amides is 1. The molecule has 0 aromatic carbocycles. The lowest BCUT2D eigenvalue weighted by Crippen LogP contribution is -2.41. The van der Waals surface area contributed by atoms with Crippen molar-refractivity contribution >= 4 is 33.2 Å². The van der Waals surface area contributed by atoms with Crippen molar-refractivity contribution < 1.29 is 13.2 Å². The first-order valence-electron chi connectivity index (χ1n) is 7.58. The zero-order valence-corrected chi connectivity index (χ0v) is 14.4. The Morgan fingerprint density at radius 3 is 2.74 bits per heavy atom. The molecule has 2 heterocycles. The maximum absolute atomic E-state index is 12.1. The molecule has 126 valence electrons. The predicted octanol–water partition coefficient (Wildman–Crippen LogP) is 0.747. The van der Waals surface area contributed by atoms with Crippen LogP contribution in [0.15, 0.2) is 6.07 Å². The van der Waals surface area contributed by atoms with Crippen molar-refractivity contribution in [2.24, 2.45) is 0 Å². The molecule has 0 spiro atoms. The second kappa shape index (κ2) is 6.24. The second-order valence-electron chi connectivity index (χ2n) is 6.20. The lowest BCUT2D eigenvalue weighted by atomic mass is 10.2. The van der Waals surface area contributed by atoms with Crippen LogP contribution in [0.3, 0.4) is 0 Å². The van der Waals surface area contributed by atoms with Gasteiger partial charge in [-0.15, -0.1) is 0 Å². The lowest BCUT2D eigenvalue weighted by Gasteiger charge is -2.20. The summed E-state index contributed by atoms with van der Waals surface area (Å²) < 4.78 is 22.8. The molecule has 23 heavy (non-hydrogen) atoms. The number of likely N-dealkylation sites (N-methyl/N-ethyl adjacent to an activating group) is 1. The van der Waals surface area contributed by atoms with Crippen LogP contribution in [-0.4, -0.2) is 55.4 Å². The molecule has 1 aromatic heterocycles. The van der Waals surface area contributed by atoms with Crippen molar-refractivity contribution in [1.82, 2.24) is 15.3 Å². The van der Waals surface area contributed by atoms with Gasteiger partial charge in [-0.1, -0.05) is 11.6 Å². The van der Waals surface area contributed by atoms with Crippen LogP contribution in [0.2, 0.25) is 5.15 Å². The van der Waals surface area contributed by atoms with Crippen molar-refractivity contribution in [1.29, 1.82) is 0 Å². The molecule has 2 aliphatic rings. The molecular formula is C14H19ClN4O3S. The summed E-state index contributed by atoms with van der Waals surface area (Å²) in [5.41, 5.74) is 0. The standard InChI is InChI=1S/C14H19ClN4O3S/c1-19(7-13(20)16-10-4-5-23(21,22)8-10)12-6-11(15)17-14(18-12)9-2-3-9/h6,9-10H,2-5,7-8H2,1H3,(H,16,20). The number of halogens is 1. The van der Waals surface area contributed by atoms with Gasteiger partial charge in [0, 0.05) is 25.1 Å². The Hall–Kier alpha value is -1.41. The van der Waals surface area contributed by atoms with Crippen molar-refractivity contribution in [2.75, 3.05) is 30.0 Å². The topological polar surface area (TPSA) is 92.3 Å². The van der Waals surface area contributed by atoms with Crippen molar-refractivity contribution in [3.8, 4) is 0 Å². The summed E-state index contributed by atoms with van der Waals surface area (Å²) in [4.78, 5) is 22.5. The van der Waals surface area contributed by atoms with E-state index >= 15 is 0 Å². The minimum absolute atomic E-state index is 0.0214. The number of sulfone groups is 1. The Labute approximate surface area is 140 Å². The fourth-order valence-corrected chi connectivity index (χ4v) is 4.48. The molecule has 9 heteroatoms. The van der Waals surface area contributed by atoms with Gasteiger partial charge < -0.3 is 10.2 Å². The summed E-state index contributed by atoms with van der Waals surface area (Å²) in [5.74, 6) is 1.63. The molecule has 2 fully saturated rings. The number of carbonyl (C=O) groups is 1. The average molecular weight is 359 g/mol. The van der Waals surface area contributed by atoms with Crippen LogP contribution >= 0.6 is 11.6 Å². The minimum Gasteiger partial charge on any atom is -0.351 e. The molecule has 0 bridgehead atoms. The summed E-state index contributed by atoms with van der Waals surface area (Å²) in [6.45, 7) is 0.0913. The lowest BCUT2D eigenvalue weighted by molar-refractivity contribution is -0.120. The van der Waals surface area contributed by atoms with E-state index in [1.165, 1.54) is 0 Å². The van der Waals surface area contributed by atoms with Crippen LogP contribution in [0.25, 0.3) is 0 Å². The summed E-state index contributed by atoms with van der Waals surface area (Å²) in [5, 5.41) is 3.13. The van der Waals surface area contributed by atoms with Gasteiger partial charge >= 0.3 is 0 Å². The third-order valence-corrected chi connectivity index (χ3v) is 5.97. The van der Waals surface area contributed by atoms with E-state index in [1.54, 1.807) is 18.0 Å². The third-order valence-electron chi connectivity index (χ3n) is 4.01. The molecule has 3 rings (SSSR count). The van der Waals surface area contributed by atoms with Crippen LogP contribution in [0.4, 0.5) is 5.82 Å². The van der Waals surface area contributed by atoms with E-state index in [0.717, 1.165) is 18.7 Å². The Morgan fingerprint density at radius 1 is 1.39 bits per heavy atom. The zero-order valence-electron chi connectivity index (χ0n) is 12.8. The predicted molar refractivity (Wildman–Crippen MR) is 87.5 cm³/mol. The van der Waals surface area contributed by atoms with E-state index in [1.807, 2.05) is 0 Å². The number of carbonyl (C=O) groups excluding carboxylic acids is 1. The summed E-state index contributed by atoms with van der Waals surface area (Å²) in [6.07, 6.45) is 2.61. The number of rotatable bonds is 5. The number of anilines is 1. The van der Waals surface area contributed by atoms with Crippen LogP contribution in [-0.2, 0) is 14.6 Å². The number of aromatic nitrogens is 2. The Bertz CT molecular complexity index is 721. The van der Waals surface area contributed by atoms with E-state index in [9.17, 15) is 13.2 Å². The molecule has 1 amide bonds. The highest BCUT2D eigenvalue weighted by atomic mass is 35.5. The first-order valence-corrected chi connectivity index (χ1v) is 9.78. The Kier molecular flexibility index (Phi) is 4.46. The van der Waals surface area contributed by atoms with Crippen LogP contribution < -0.4 is 10.2 Å². The maximum Gasteiger partial charge on any atom is 0.239 e. The largest absolute Gasteiger partial charge is 0.351 e. The maximum atomic E-state index is 12.1. The zero-order chi connectivity index (χ0) is 16.6. The van der Waals surface area contributed by atoms with Gasteiger partial charge in [-0.05, 0) is 19.3 Å². The van der Waals surface area contributed by atoms with Gasteiger partial charge in [0.25, 0.3) is 0 Å². The Morgan fingerprint density at radius 2 is 2.13 bits per heavy atom. The van der Waals surface area contributed by atoms with E-state index in [2.05, 4.69) is 15.3 Å². The van der Waals surface area contributed by atoms with Crippen LogP contribution in [0.1, 0.15) is 31.0 Å². The average Bonchev–Trinajstić information content (AvgIpc) is 3.23. The summed E-state index contributed by atoms with van der Waals surface area (Å²) in [6, 6.07) is 1.33. The van der Waals surface area contributed by atoms with Gasteiger partial charge in [-0.25, -0.2) is 18.4 Å². The number of hydrogen-bond donors (Lipinski definition) is 1. The SMILES string of the molecule is CN(CC(=O)NC1CCS(=O)(=O)C1)c1cc(Cl)nc(C2CC2)n1. The molecule has 1 saturated heterocycles. The first-order chi connectivity index (χ1) is 10.8. The summed E-state index contributed by atoms with van der Waals surface area (Å²) in [7, 11) is -1.25. The molecular weight excluding hydrogens is 340 g/mol. The van der Waals surface area contributed by atoms with E-state index < -0.39 is 9.84 Å². The quantitative estimate of drug-likeness (QED) is 0.781. The normalized spacial score (nSPS) is 22.8. The van der Waals surface area contributed by atoms with E-state index in [4.69, 9.17) is 11.6 Å². The van der Waals surface area contributed by atoms with Gasteiger partial charge in [0.15, 0.2) is 9.84 Å². The second-order valence-corrected chi connectivity index (χ2v) is 8.82. The van der Waals surface area contributed by atoms with E-state index in [-0.39, 0.29) is 30.0 Å². The molecule has 1 aliphatic carbocycles. The highest BCUT2D eigenvalue weighted by Crippen LogP contribution is 2.39.